The standard InChI is InChI=1S/C29H29F2N3O7/c1-33(2)18-10-13(11-5-6-16(30)17(31)9-11)23(35)20-14(18)7-12-8-15-22(34(3)4)25(37)21(28(32)40)27(39)29(15,41)26(38)19(12)24(20)36/h5-6,9-10,12,15,22,35,37-38,41H,7-8H2,1-4H3,(H2,32,40). The summed E-state index contributed by atoms with van der Waals surface area (Å²) in [5.74, 6) is -9.85. The minimum atomic E-state index is -2.76. The summed E-state index contributed by atoms with van der Waals surface area (Å²) < 4.78 is 27.7. The Morgan fingerprint density at radius 3 is 2.27 bits per heavy atom. The number of ketones is 2. The van der Waals surface area contributed by atoms with Gasteiger partial charge in [-0.2, -0.15) is 0 Å². The zero-order chi connectivity index (χ0) is 30.3. The summed E-state index contributed by atoms with van der Waals surface area (Å²) in [4.78, 5) is 42.8. The fourth-order valence-electron chi connectivity index (χ4n) is 6.58. The average molecular weight is 570 g/mol. The number of rotatable bonds is 4. The van der Waals surface area contributed by atoms with Crippen molar-refractivity contribution < 1.29 is 43.6 Å². The smallest absolute Gasteiger partial charge is 0.255 e. The van der Waals surface area contributed by atoms with Gasteiger partial charge in [0.1, 0.15) is 22.8 Å². The van der Waals surface area contributed by atoms with Gasteiger partial charge in [0, 0.05) is 36.8 Å². The van der Waals surface area contributed by atoms with Crippen LogP contribution in [-0.2, 0) is 16.0 Å². The van der Waals surface area contributed by atoms with Gasteiger partial charge in [-0.1, -0.05) is 6.07 Å². The third kappa shape index (κ3) is 3.85. The van der Waals surface area contributed by atoms with E-state index < -0.39 is 75.4 Å². The van der Waals surface area contributed by atoms with Crippen molar-refractivity contribution in [3.63, 3.8) is 0 Å². The predicted octanol–water partition coefficient (Wildman–Crippen LogP) is 2.13. The van der Waals surface area contributed by atoms with Crippen molar-refractivity contribution in [3.8, 4) is 16.9 Å². The molecule has 0 saturated carbocycles. The van der Waals surface area contributed by atoms with Gasteiger partial charge in [0.2, 0.25) is 5.78 Å². The number of aliphatic hydroxyl groups excluding tert-OH is 2. The summed E-state index contributed by atoms with van der Waals surface area (Å²) in [7, 11) is 6.50. The van der Waals surface area contributed by atoms with Gasteiger partial charge >= 0.3 is 0 Å². The van der Waals surface area contributed by atoms with Crippen molar-refractivity contribution in [3.05, 3.63) is 69.7 Å². The molecule has 0 fully saturated rings. The number of carbonyl (C=O) groups excluding carboxylic acids is 3. The molecule has 216 valence electrons. The SMILES string of the molecule is CN(C)c1cc(-c2ccc(F)c(F)c2)c(O)c2c1CC1CC3C(N(C)C)C(O)=C(C(N)=O)C(=O)C3(O)C(O)=C1C2=O. The normalized spacial score (nSPS) is 25.7. The molecule has 4 unspecified atom stereocenters. The highest BCUT2D eigenvalue weighted by Crippen LogP contribution is 2.54. The molecule has 0 radical (unpaired) electrons. The van der Waals surface area contributed by atoms with Gasteiger partial charge in [0.15, 0.2) is 23.0 Å². The Morgan fingerprint density at radius 2 is 1.71 bits per heavy atom. The highest BCUT2D eigenvalue weighted by atomic mass is 19.2. The molecule has 0 saturated heterocycles. The van der Waals surface area contributed by atoms with Crippen molar-refractivity contribution in [2.75, 3.05) is 33.1 Å². The first-order valence-electron chi connectivity index (χ1n) is 12.8. The van der Waals surface area contributed by atoms with Gasteiger partial charge < -0.3 is 31.1 Å². The van der Waals surface area contributed by atoms with E-state index in [1.807, 2.05) is 0 Å². The molecule has 3 aliphatic rings. The van der Waals surface area contributed by atoms with Crippen molar-refractivity contribution in [2.24, 2.45) is 17.6 Å². The van der Waals surface area contributed by atoms with E-state index >= 15 is 0 Å². The van der Waals surface area contributed by atoms with Crippen LogP contribution in [0.2, 0.25) is 0 Å². The predicted molar refractivity (Wildman–Crippen MR) is 143 cm³/mol. The number of fused-ring (bicyclic) bond motifs is 3. The molecule has 10 nitrogen and oxygen atoms in total. The minimum absolute atomic E-state index is 0.0240. The Balaban J connectivity index is 1.76. The third-order valence-corrected chi connectivity index (χ3v) is 8.41. The van der Waals surface area contributed by atoms with Crippen molar-refractivity contribution >= 4 is 23.2 Å². The van der Waals surface area contributed by atoms with Crippen LogP contribution in [0.3, 0.4) is 0 Å². The van der Waals surface area contributed by atoms with E-state index in [-0.39, 0.29) is 35.1 Å². The van der Waals surface area contributed by atoms with E-state index in [0.717, 1.165) is 12.1 Å². The van der Waals surface area contributed by atoms with Crippen molar-refractivity contribution in [1.82, 2.24) is 4.90 Å². The van der Waals surface area contributed by atoms with Gasteiger partial charge in [-0.15, -0.1) is 0 Å². The number of hydrogen-bond acceptors (Lipinski definition) is 9. The molecule has 6 N–H and O–H groups in total. The number of aliphatic hydroxyl groups is 3. The van der Waals surface area contributed by atoms with Crippen LogP contribution in [0.4, 0.5) is 14.5 Å². The van der Waals surface area contributed by atoms with E-state index in [0.29, 0.717) is 11.3 Å². The largest absolute Gasteiger partial charge is 0.510 e. The second kappa shape index (κ2) is 9.38. The van der Waals surface area contributed by atoms with E-state index in [4.69, 9.17) is 5.73 Å². The fraction of sp³-hybridized carbons (Fsp3) is 0.345. The number of anilines is 1. The Bertz CT molecular complexity index is 1610. The zero-order valence-corrected chi connectivity index (χ0v) is 22.7. The number of nitrogens with two attached hydrogens (primary N) is 1. The number of primary amides is 1. The molecule has 1 amide bonds. The quantitative estimate of drug-likeness (QED) is 0.347. The summed E-state index contributed by atoms with van der Waals surface area (Å²) in [6.45, 7) is 0. The van der Waals surface area contributed by atoms with Gasteiger partial charge in [0.05, 0.1) is 11.6 Å². The maximum atomic E-state index is 14.1. The number of carbonyl (C=O) groups is 3. The lowest BCUT2D eigenvalue weighted by molar-refractivity contribution is -0.148. The Hall–Kier alpha value is -4.29. The first kappa shape index (κ1) is 28.2. The molecule has 5 rings (SSSR count). The number of allylic oxidation sites excluding steroid dienone is 1. The number of Topliss-reactive ketones (excluding diaryl/α,β-unsaturated/α-hetero) is 2. The van der Waals surface area contributed by atoms with Crippen LogP contribution in [0, 0.1) is 23.5 Å². The first-order valence-corrected chi connectivity index (χ1v) is 12.8. The van der Waals surface area contributed by atoms with Gasteiger partial charge in [-0.05, 0) is 62.2 Å². The lowest BCUT2D eigenvalue weighted by Crippen LogP contribution is -2.63. The highest BCUT2D eigenvalue weighted by Gasteiger charge is 2.63. The van der Waals surface area contributed by atoms with Crippen LogP contribution in [0.25, 0.3) is 11.1 Å². The van der Waals surface area contributed by atoms with Crippen LogP contribution in [0.1, 0.15) is 22.3 Å². The number of halogens is 2. The molecule has 0 bridgehead atoms. The monoisotopic (exact) mass is 569 g/mol. The average Bonchev–Trinajstić information content (AvgIpc) is 2.87. The molecule has 3 aliphatic carbocycles. The Morgan fingerprint density at radius 1 is 1.05 bits per heavy atom. The summed E-state index contributed by atoms with van der Waals surface area (Å²) in [6, 6.07) is 3.45. The summed E-state index contributed by atoms with van der Waals surface area (Å²) in [6.07, 6.45) is 0.0397. The molecular formula is C29H29F2N3O7. The molecule has 0 aliphatic heterocycles. The Kier molecular flexibility index (Phi) is 6.47. The van der Waals surface area contributed by atoms with E-state index in [1.54, 1.807) is 39.2 Å². The second-order valence-electron chi connectivity index (χ2n) is 11.1. The molecule has 12 heteroatoms. The van der Waals surface area contributed by atoms with Gasteiger partial charge in [-0.3, -0.25) is 19.3 Å². The van der Waals surface area contributed by atoms with Crippen LogP contribution >= 0.6 is 0 Å². The number of hydrogen-bond donors (Lipinski definition) is 5. The number of phenols is 1. The molecule has 0 heterocycles. The van der Waals surface area contributed by atoms with E-state index in [9.17, 15) is 43.6 Å². The maximum Gasteiger partial charge on any atom is 0.255 e. The van der Waals surface area contributed by atoms with Gasteiger partial charge in [0.25, 0.3) is 5.91 Å². The van der Waals surface area contributed by atoms with E-state index in [2.05, 4.69) is 0 Å². The Labute approximate surface area is 233 Å². The molecular weight excluding hydrogens is 540 g/mol. The molecule has 4 atom stereocenters. The van der Waals surface area contributed by atoms with E-state index in [1.165, 1.54) is 11.0 Å². The molecule has 2 aromatic rings. The molecule has 0 aromatic heterocycles. The minimum Gasteiger partial charge on any atom is -0.510 e. The molecule has 41 heavy (non-hydrogen) atoms. The highest BCUT2D eigenvalue weighted by molar-refractivity contribution is 6.25. The summed E-state index contributed by atoms with van der Waals surface area (Å²) in [5.41, 5.74) is 2.18. The van der Waals surface area contributed by atoms with Crippen molar-refractivity contribution in [2.45, 2.75) is 24.5 Å². The number of nitrogens with zero attached hydrogens (tertiary/aromatic N) is 2. The number of benzene rings is 2. The lowest BCUT2D eigenvalue weighted by atomic mass is 9.58. The van der Waals surface area contributed by atoms with Crippen LogP contribution in [-0.4, -0.2) is 82.6 Å². The maximum absolute atomic E-state index is 14.1. The van der Waals surface area contributed by atoms with Crippen LogP contribution < -0.4 is 10.6 Å². The first-order chi connectivity index (χ1) is 19.1. The topological polar surface area (TPSA) is 165 Å². The number of likely N-dealkylation sites (N-methyl/N-ethyl adjacent to an activating group) is 1. The number of phenolic OH excluding ortho intramolecular Hbond substituents is 1. The fourth-order valence-corrected chi connectivity index (χ4v) is 6.58. The summed E-state index contributed by atoms with van der Waals surface area (Å²) >= 11 is 0. The molecule has 0 spiro atoms. The van der Waals surface area contributed by atoms with Crippen molar-refractivity contribution in [1.29, 1.82) is 0 Å². The lowest BCUT2D eigenvalue weighted by Gasteiger charge is -2.50. The van der Waals surface area contributed by atoms with Crippen LogP contribution in [0.5, 0.6) is 5.75 Å². The molecule has 2 aromatic carbocycles. The summed E-state index contributed by atoms with van der Waals surface area (Å²) in [5, 5.41) is 45.4. The second-order valence-corrected chi connectivity index (χ2v) is 11.1. The number of amides is 1. The third-order valence-electron chi connectivity index (χ3n) is 8.41. The van der Waals surface area contributed by atoms with Crippen LogP contribution in [0.15, 0.2) is 46.9 Å². The van der Waals surface area contributed by atoms with Gasteiger partial charge in [-0.25, -0.2) is 8.78 Å². The zero-order valence-electron chi connectivity index (χ0n) is 22.7. The number of aromatic hydroxyl groups is 1.